The fraction of sp³-hybridized carbons (Fsp3) is 1.00. The Bertz CT molecular complexity index is 102. The van der Waals surface area contributed by atoms with Crippen molar-refractivity contribution in [1.82, 2.24) is 10.6 Å². The van der Waals surface area contributed by atoms with Gasteiger partial charge in [0.2, 0.25) is 0 Å². The quantitative estimate of drug-likeness (QED) is 0.617. The summed E-state index contributed by atoms with van der Waals surface area (Å²) in [5.74, 6) is 0. The SMILES string of the molecule is CNCC1(O)CCNCC1.Cl.Cl. The van der Waals surface area contributed by atoms with E-state index in [9.17, 15) is 5.11 Å². The molecular weight excluding hydrogens is 199 g/mol. The van der Waals surface area contributed by atoms with E-state index < -0.39 is 5.60 Å². The zero-order valence-corrected chi connectivity index (χ0v) is 8.93. The van der Waals surface area contributed by atoms with E-state index in [4.69, 9.17) is 0 Å². The first-order chi connectivity index (χ1) is 4.77. The van der Waals surface area contributed by atoms with Crippen LogP contribution in [-0.4, -0.2) is 37.4 Å². The smallest absolute Gasteiger partial charge is 0.0795 e. The topological polar surface area (TPSA) is 44.3 Å². The Kier molecular flexibility index (Phi) is 8.63. The van der Waals surface area contributed by atoms with Crippen molar-refractivity contribution in [3.05, 3.63) is 0 Å². The predicted octanol–water partition coefficient (Wildman–Crippen LogP) is 0.164. The van der Waals surface area contributed by atoms with Gasteiger partial charge in [-0.3, -0.25) is 0 Å². The summed E-state index contributed by atoms with van der Waals surface area (Å²) in [6.07, 6.45) is 1.74. The minimum Gasteiger partial charge on any atom is -0.388 e. The highest BCUT2D eigenvalue weighted by molar-refractivity contribution is 5.85. The third-order valence-electron chi connectivity index (χ3n) is 2.04. The normalized spacial score (nSPS) is 20.5. The monoisotopic (exact) mass is 216 g/mol. The maximum atomic E-state index is 9.77. The van der Waals surface area contributed by atoms with Crippen LogP contribution < -0.4 is 10.6 Å². The Labute approximate surface area is 86.1 Å². The summed E-state index contributed by atoms with van der Waals surface area (Å²) in [5, 5.41) is 16.0. The number of piperidine rings is 1. The van der Waals surface area contributed by atoms with Crippen molar-refractivity contribution in [2.75, 3.05) is 26.7 Å². The largest absolute Gasteiger partial charge is 0.388 e. The third kappa shape index (κ3) is 4.48. The molecule has 1 aliphatic rings. The number of hydrogen-bond acceptors (Lipinski definition) is 3. The van der Waals surface area contributed by atoms with Crippen molar-refractivity contribution in [3.63, 3.8) is 0 Å². The number of halogens is 2. The molecule has 0 radical (unpaired) electrons. The second-order valence-corrected chi connectivity index (χ2v) is 3.00. The number of rotatable bonds is 2. The molecule has 1 heterocycles. The molecule has 1 rings (SSSR count). The first kappa shape index (κ1) is 15.0. The van der Waals surface area contributed by atoms with E-state index in [0.29, 0.717) is 6.54 Å². The maximum absolute atomic E-state index is 9.77. The summed E-state index contributed by atoms with van der Waals surface area (Å²) < 4.78 is 0. The number of aliphatic hydroxyl groups is 1. The second kappa shape index (κ2) is 6.92. The zero-order chi connectivity index (χ0) is 7.45. The van der Waals surface area contributed by atoms with Crippen LogP contribution in [0.1, 0.15) is 12.8 Å². The van der Waals surface area contributed by atoms with Gasteiger partial charge in [-0.15, -0.1) is 24.8 Å². The number of nitrogens with one attached hydrogen (secondary N) is 2. The zero-order valence-electron chi connectivity index (χ0n) is 7.30. The maximum Gasteiger partial charge on any atom is 0.0795 e. The highest BCUT2D eigenvalue weighted by Crippen LogP contribution is 2.15. The molecule has 0 atom stereocenters. The molecule has 0 spiro atoms. The van der Waals surface area contributed by atoms with E-state index in [-0.39, 0.29) is 24.8 Å². The molecule has 0 aromatic carbocycles. The van der Waals surface area contributed by atoms with Gasteiger partial charge in [0.25, 0.3) is 0 Å². The second-order valence-electron chi connectivity index (χ2n) is 3.00. The number of hydrogen-bond donors (Lipinski definition) is 3. The molecule has 3 N–H and O–H groups in total. The summed E-state index contributed by atoms with van der Waals surface area (Å²) >= 11 is 0. The minimum absolute atomic E-state index is 0. The van der Waals surface area contributed by atoms with Crippen molar-refractivity contribution < 1.29 is 5.11 Å². The van der Waals surface area contributed by atoms with Crippen LogP contribution in [0.2, 0.25) is 0 Å². The molecule has 1 fully saturated rings. The Balaban J connectivity index is 0. The summed E-state index contributed by atoms with van der Waals surface area (Å²) in [5.41, 5.74) is -0.444. The van der Waals surface area contributed by atoms with Gasteiger partial charge in [0.15, 0.2) is 0 Å². The van der Waals surface area contributed by atoms with Crippen LogP contribution >= 0.6 is 24.8 Å². The van der Waals surface area contributed by atoms with E-state index in [1.807, 2.05) is 7.05 Å². The van der Waals surface area contributed by atoms with Crippen LogP contribution in [0.4, 0.5) is 0 Å². The van der Waals surface area contributed by atoms with Crippen LogP contribution in [0.3, 0.4) is 0 Å². The van der Waals surface area contributed by atoms with Crippen LogP contribution in [0.25, 0.3) is 0 Å². The molecule has 0 unspecified atom stereocenters. The summed E-state index contributed by atoms with van der Waals surface area (Å²) in [6, 6.07) is 0. The first-order valence-corrected chi connectivity index (χ1v) is 3.84. The number of likely N-dealkylation sites (N-methyl/N-ethyl adjacent to an activating group) is 1. The summed E-state index contributed by atoms with van der Waals surface area (Å²) in [4.78, 5) is 0. The Morgan fingerprint density at radius 2 is 1.83 bits per heavy atom. The average molecular weight is 217 g/mol. The Morgan fingerprint density at radius 3 is 2.25 bits per heavy atom. The third-order valence-corrected chi connectivity index (χ3v) is 2.04. The first-order valence-electron chi connectivity index (χ1n) is 3.84. The average Bonchev–Trinajstić information content (AvgIpc) is 1.89. The van der Waals surface area contributed by atoms with Crippen molar-refractivity contribution >= 4 is 24.8 Å². The lowest BCUT2D eigenvalue weighted by Crippen LogP contribution is -2.47. The van der Waals surface area contributed by atoms with Gasteiger partial charge in [0, 0.05) is 6.54 Å². The molecule has 5 heteroatoms. The van der Waals surface area contributed by atoms with E-state index in [1.165, 1.54) is 0 Å². The minimum atomic E-state index is -0.444. The van der Waals surface area contributed by atoms with Crippen molar-refractivity contribution in [1.29, 1.82) is 0 Å². The highest BCUT2D eigenvalue weighted by atomic mass is 35.5. The molecule has 0 aromatic heterocycles. The molecular formula is C7H18Cl2N2O. The van der Waals surface area contributed by atoms with Crippen molar-refractivity contribution in [2.24, 2.45) is 0 Å². The van der Waals surface area contributed by atoms with E-state index >= 15 is 0 Å². The van der Waals surface area contributed by atoms with Gasteiger partial charge >= 0.3 is 0 Å². The fourth-order valence-corrected chi connectivity index (χ4v) is 1.40. The Morgan fingerprint density at radius 1 is 1.33 bits per heavy atom. The molecule has 0 bridgehead atoms. The summed E-state index contributed by atoms with van der Waals surface area (Å²) in [6.45, 7) is 2.60. The van der Waals surface area contributed by atoms with Gasteiger partial charge in [0.1, 0.15) is 0 Å². The molecule has 0 aliphatic carbocycles. The lowest BCUT2D eigenvalue weighted by molar-refractivity contribution is 0.0129. The molecule has 12 heavy (non-hydrogen) atoms. The molecule has 1 aliphatic heterocycles. The van der Waals surface area contributed by atoms with Crippen molar-refractivity contribution in [2.45, 2.75) is 18.4 Å². The standard InChI is InChI=1S/C7H16N2O.2ClH/c1-8-6-7(10)2-4-9-5-3-7;;/h8-10H,2-6H2,1H3;2*1H. The van der Waals surface area contributed by atoms with E-state index in [1.54, 1.807) is 0 Å². The van der Waals surface area contributed by atoms with Crippen LogP contribution in [0.15, 0.2) is 0 Å². The summed E-state index contributed by atoms with van der Waals surface area (Å²) in [7, 11) is 1.88. The lowest BCUT2D eigenvalue weighted by Gasteiger charge is -2.32. The van der Waals surface area contributed by atoms with Gasteiger partial charge in [-0.05, 0) is 33.0 Å². The van der Waals surface area contributed by atoms with Crippen LogP contribution in [-0.2, 0) is 0 Å². The fourth-order valence-electron chi connectivity index (χ4n) is 1.40. The molecule has 1 saturated heterocycles. The Hall–Kier alpha value is 0.460. The van der Waals surface area contributed by atoms with Crippen molar-refractivity contribution in [3.8, 4) is 0 Å². The molecule has 0 amide bonds. The molecule has 3 nitrogen and oxygen atoms in total. The predicted molar refractivity (Wildman–Crippen MR) is 55.5 cm³/mol. The van der Waals surface area contributed by atoms with Crippen LogP contribution in [0.5, 0.6) is 0 Å². The molecule has 0 saturated carbocycles. The van der Waals surface area contributed by atoms with E-state index in [2.05, 4.69) is 10.6 Å². The van der Waals surface area contributed by atoms with Gasteiger partial charge in [-0.1, -0.05) is 0 Å². The molecule has 76 valence electrons. The molecule has 0 aromatic rings. The highest BCUT2D eigenvalue weighted by Gasteiger charge is 2.27. The van der Waals surface area contributed by atoms with E-state index in [0.717, 1.165) is 25.9 Å². The van der Waals surface area contributed by atoms with Gasteiger partial charge in [0.05, 0.1) is 5.60 Å². The van der Waals surface area contributed by atoms with Gasteiger partial charge < -0.3 is 15.7 Å². The lowest BCUT2D eigenvalue weighted by atomic mass is 9.93. The van der Waals surface area contributed by atoms with Crippen LogP contribution in [0, 0.1) is 0 Å². The van der Waals surface area contributed by atoms with Gasteiger partial charge in [-0.25, -0.2) is 0 Å². The van der Waals surface area contributed by atoms with Gasteiger partial charge in [-0.2, -0.15) is 0 Å².